The summed E-state index contributed by atoms with van der Waals surface area (Å²) in [6, 6.07) is 2.85. The molecule has 0 amide bonds. The monoisotopic (exact) mass is 338 g/mol. The molecule has 0 spiro atoms. The van der Waals surface area contributed by atoms with E-state index >= 15 is 0 Å². The number of pyridine rings is 1. The molecule has 23 heavy (non-hydrogen) atoms. The third kappa shape index (κ3) is 3.70. The fraction of sp³-hybridized carbons (Fsp3) is 0.600. The van der Waals surface area contributed by atoms with E-state index < -0.39 is 16.1 Å². The normalized spacial score (nSPS) is 18.3. The average Bonchev–Trinajstić information content (AvgIpc) is 3.00. The molecule has 126 valence electrons. The van der Waals surface area contributed by atoms with Crippen LogP contribution in [0.25, 0.3) is 11.0 Å². The van der Waals surface area contributed by atoms with E-state index in [0.717, 1.165) is 12.8 Å². The van der Waals surface area contributed by atoms with Gasteiger partial charge in [0.15, 0.2) is 5.65 Å². The van der Waals surface area contributed by atoms with Gasteiger partial charge in [0.1, 0.15) is 0 Å². The molecule has 1 fully saturated rings. The summed E-state index contributed by atoms with van der Waals surface area (Å²) < 4.78 is 27.8. The Kier molecular flexibility index (Phi) is 4.93. The van der Waals surface area contributed by atoms with Gasteiger partial charge in [0.25, 0.3) is 10.0 Å². The molecule has 0 saturated heterocycles. The first-order valence-corrected chi connectivity index (χ1v) is 9.51. The molecule has 0 aromatic carbocycles. The number of nitrogens with one attached hydrogen (secondary N) is 2. The molecule has 1 saturated carbocycles. The highest BCUT2D eigenvalue weighted by atomic mass is 32.2. The first kappa shape index (κ1) is 16.4. The van der Waals surface area contributed by atoms with Gasteiger partial charge in [-0.25, -0.2) is 18.1 Å². The molecular formula is C15H22N4O3S. The molecule has 1 aliphatic rings. The smallest absolute Gasteiger partial charge is 0.260 e. The van der Waals surface area contributed by atoms with E-state index in [1.54, 1.807) is 18.3 Å². The number of aliphatic hydroxyl groups excluding tert-OH is 1. The number of H-pyrrole nitrogens is 1. The largest absolute Gasteiger partial charge is 0.395 e. The van der Waals surface area contributed by atoms with Crippen molar-refractivity contribution in [2.24, 2.45) is 5.92 Å². The third-order valence-corrected chi connectivity index (χ3v) is 5.90. The summed E-state index contributed by atoms with van der Waals surface area (Å²) in [5.41, 5.74) is 0.431. The Morgan fingerprint density at radius 2 is 2.13 bits per heavy atom. The van der Waals surface area contributed by atoms with Gasteiger partial charge in [0.05, 0.1) is 12.0 Å². The second-order valence-electron chi connectivity index (χ2n) is 6.17. The van der Waals surface area contributed by atoms with Crippen LogP contribution in [0.15, 0.2) is 23.4 Å². The highest BCUT2D eigenvalue weighted by Crippen LogP contribution is 2.28. The Hall–Kier alpha value is -1.51. The maximum absolute atomic E-state index is 12.6. The first-order valence-electron chi connectivity index (χ1n) is 8.02. The van der Waals surface area contributed by atoms with E-state index in [2.05, 4.69) is 19.9 Å². The van der Waals surface area contributed by atoms with Crippen LogP contribution >= 0.6 is 0 Å². The quantitative estimate of drug-likeness (QED) is 0.741. The number of hydrogen-bond acceptors (Lipinski definition) is 5. The fourth-order valence-corrected chi connectivity index (χ4v) is 4.64. The van der Waals surface area contributed by atoms with Crippen LogP contribution in [0.2, 0.25) is 0 Å². The number of hydrogen-bond donors (Lipinski definition) is 3. The number of fused-ring (bicyclic) bond motifs is 1. The van der Waals surface area contributed by atoms with Crippen LogP contribution in [0, 0.1) is 5.92 Å². The van der Waals surface area contributed by atoms with Crippen molar-refractivity contribution in [3.8, 4) is 0 Å². The first-order chi connectivity index (χ1) is 11.1. The number of sulfonamides is 1. The second kappa shape index (κ2) is 6.94. The van der Waals surface area contributed by atoms with Gasteiger partial charge in [-0.3, -0.25) is 5.10 Å². The van der Waals surface area contributed by atoms with Gasteiger partial charge in [-0.2, -0.15) is 5.10 Å². The third-order valence-electron chi connectivity index (χ3n) is 4.44. The summed E-state index contributed by atoms with van der Waals surface area (Å²) in [4.78, 5) is 4.05. The number of rotatable bonds is 6. The van der Waals surface area contributed by atoms with Crippen LogP contribution in [0.3, 0.4) is 0 Å². The van der Waals surface area contributed by atoms with Gasteiger partial charge in [-0.05, 0) is 24.5 Å². The molecule has 2 aromatic heterocycles. The van der Waals surface area contributed by atoms with Gasteiger partial charge in [-0.1, -0.05) is 32.1 Å². The van der Waals surface area contributed by atoms with Gasteiger partial charge < -0.3 is 5.11 Å². The summed E-state index contributed by atoms with van der Waals surface area (Å²) >= 11 is 0. The van der Waals surface area contributed by atoms with Crippen LogP contribution in [-0.2, 0) is 10.0 Å². The van der Waals surface area contributed by atoms with Crippen molar-refractivity contribution < 1.29 is 13.5 Å². The topological polar surface area (TPSA) is 108 Å². The van der Waals surface area contributed by atoms with Crippen LogP contribution in [0.1, 0.15) is 38.5 Å². The van der Waals surface area contributed by atoms with Crippen LogP contribution in [0.5, 0.6) is 0 Å². The molecule has 0 aliphatic heterocycles. The van der Waals surface area contributed by atoms with Crippen molar-refractivity contribution >= 4 is 21.1 Å². The highest BCUT2D eigenvalue weighted by Gasteiger charge is 2.27. The van der Waals surface area contributed by atoms with Crippen LogP contribution in [0.4, 0.5) is 0 Å². The molecule has 1 unspecified atom stereocenters. The number of aromatic amines is 1. The molecular weight excluding hydrogens is 316 g/mol. The molecule has 7 nitrogen and oxygen atoms in total. The van der Waals surface area contributed by atoms with E-state index in [9.17, 15) is 13.5 Å². The van der Waals surface area contributed by atoms with Crippen molar-refractivity contribution in [2.45, 2.75) is 49.6 Å². The van der Waals surface area contributed by atoms with Gasteiger partial charge >= 0.3 is 0 Å². The van der Waals surface area contributed by atoms with Crippen molar-refractivity contribution in [1.82, 2.24) is 19.9 Å². The maximum Gasteiger partial charge on any atom is 0.260 e. The summed E-state index contributed by atoms with van der Waals surface area (Å²) in [5.74, 6) is 0.473. The SMILES string of the molecule is O=S(=O)(NC(CO)CC1CCCCC1)c1n[nH]c2ncccc12. The molecule has 1 atom stereocenters. The molecule has 2 heterocycles. The lowest BCUT2D eigenvalue weighted by Gasteiger charge is -2.25. The molecule has 3 N–H and O–H groups in total. The van der Waals surface area contributed by atoms with Gasteiger partial charge in [-0.15, -0.1) is 0 Å². The standard InChI is InChI=1S/C15H22N4O3S/c20-10-12(9-11-5-2-1-3-6-11)19-23(21,22)15-13-7-4-8-16-14(13)17-18-15/h4,7-8,11-12,19-20H,1-3,5-6,9-10H2,(H,16,17,18). The molecule has 2 aromatic rings. The van der Waals surface area contributed by atoms with Crippen molar-refractivity contribution in [3.63, 3.8) is 0 Å². The predicted molar refractivity (Wildman–Crippen MR) is 86.3 cm³/mol. The molecule has 0 bridgehead atoms. The van der Waals surface area contributed by atoms with E-state index in [4.69, 9.17) is 0 Å². The lowest BCUT2D eigenvalue weighted by atomic mass is 9.85. The van der Waals surface area contributed by atoms with E-state index in [1.807, 2.05) is 0 Å². The van der Waals surface area contributed by atoms with Crippen molar-refractivity contribution in [1.29, 1.82) is 0 Å². The molecule has 0 radical (unpaired) electrons. The summed E-state index contributed by atoms with van der Waals surface area (Å²) in [6.07, 6.45) is 8.07. The van der Waals surface area contributed by atoms with E-state index in [-0.39, 0.29) is 11.6 Å². The number of aliphatic hydroxyl groups is 1. The lowest BCUT2D eigenvalue weighted by Crippen LogP contribution is -2.39. The lowest BCUT2D eigenvalue weighted by molar-refractivity contribution is 0.218. The molecule has 8 heteroatoms. The summed E-state index contributed by atoms with van der Waals surface area (Å²) in [7, 11) is -3.80. The number of aromatic nitrogens is 3. The Balaban J connectivity index is 1.76. The van der Waals surface area contributed by atoms with Crippen LogP contribution < -0.4 is 4.72 Å². The Morgan fingerprint density at radius 1 is 1.35 bits per heavy atom. The second-order valence-corrected chi connectivity index (χ2v) is 7.80. The average molecular weight is 338 g/mol. The van der Waals surface area contributed by atoms with Crippen molar-refractivity contribution in [3.05, 3.63) is 18.3 Å². The molecule has 3 rings (SSSR count). The van der Waals surface area contributed by atoms with Crippen molar-refractivity contribution in [2.75, 3.05) is 6.61 Å². The zero-order valence-electron chi connectivity index (χ0n) is 12.9. The predicted octanol–water partition coefficient (Wildman–Crippen LogP) is 1.57. The minimum absolute atomic E-state index is 0.0669. The van der Waals surface area contributed by atoms with E-state index in [0.29, 0.717) is 23.4 Å². The molecule has 1 aliphatic carbocycles. The number of nitrogens with zero attached hydrogens (tertiary/aromatic N) is 2. The van der Waals surface area contributed by atoms with Gasteiger partial charge in [0.2, 0.25) is 5.03 Å². The summed E-state index contributed by atoms with van der Waals surface area (Å²) in [5, 5.41) is 16.5. The minimum atomic E-state index is -3.80. The fourth-order valence-electron chi connectivity index (χ4n) is 3.30. The van der Waals surface area contributed by atoms with Crippen LogP contribution in [-0.4, -0.2) is 41.4 Å². The Morgan fingerprint density at radius 3 is 2.87 bits per heavy atom. The van der Waals surface area contributed by atoms with Gasteiger partial charge in [0, 0.05) is 12.2 Å². The highest BCUT2D eigenvalue weighted by molar-refractivity contribution is 7.89. The Bertz CT molecular complexity index is 753. The van der Waals surface area contributed by atoms with E-state index in [1.165, 1.54) is 19.3 Å². The maximum atomic E-state index is 12.6. The summed E-state index contributed by atoms with van der Waals surface area (Å²) in [6.45, 7) is -0.212. The minimum Gasteiger partial charge on any atom is -0.395 e. The Labute approximate surface area is 135 Å². The zero-order valence-corrected chi connectivity index (χ0v) is 13.7. The zero-order chi connectivity index (χ0) is 16.3.